The van der Waals surface area contributed by atoms with Gasteiger partial charge in [0, 0.05) is 6.08 Å². The van der Waals surface area contributed by atoms with Crippen LogP contribution < -0.4 is 14.8 Å². The Bertz CT molecular complexity index is 886. The Labute approximate surface area is 158 Å². The van der Waals surface area contributed by atoms with E-state index in [1.807, 2.05) is 54.6 Å². The van der Waals surface area contributed by atoms with Crippen LogP contribution >= 0.6 is 0 Å². The zero-order chi connectivity index (χ0) is 18.9. The van der Waals surface area contributed by atoms with E-state index >= 15 is 0 Å². The quantitative estimate of drug-likeness (QED) is 0.610. The number of carbonyl (C=O) groups excluding carboxylic acids is 1. The van der Waals surface area contributed by atoms with E-state index in [2.05, 4.69) is 5.32 Å². The van der Waals surface area contributed by atoms with Gasteiger partial charge >= 0.3 is 0 Å². The summed E-state index contributed by atoms with van der Waals surface area (Å²) in [6, 6.07) is 19.1. The molecule has 27 heavy (non-hydrogen) atoms. The van der Waals surface area contributed by atoms with E-state index in [1.54, 1.807) is 25.5 Å². The molecule has 3 rings (SSSR count). The van der Waals surface area contributed by atoms with E-state index < -0.39 is 0 Å². The molecule has 1 heterocycles. The van der Waals surface area contributed by atoms with Crippen molar-refractivity contribution in [3.63, 3.8) is 0 Å². The van der Waals surface area contributed by atoms with Crippen LogP contribution in [-0.2, 0) is 17.9 Å². The molecule has 138 valence electrons. The highest BCUT2D eigenvalue weighted by Crippen LogP contribution is 2.29. The number of carbonyl (C=O) groups is 1. The summed E-state index contributed by atoms with van der Waals surface area (Å²) in [5.41, 5.74) is 1.92. The molecule has 0 saturated heterocycles. The van der Waals surface area contributed by atoms with Crippen molar-refractivity contribution in [2.45, 2.75) is 13.2 Å². The minimum absolute atomic E-state index is 0.199. The summed E-state index contributed by atoms with van der Waals surface area (Å²) in [5, 5.41) is 2.76. The first-order chi connectivity index (χ1) is 13.2. The molecule has 3 aromatic rings. The van der Waals surface area contributed by atoms with Crippen LogP contribution in [-0.4, -0.2) is 13.0 Å². The second-order valence-corrected chi connectivity index (χ2v) is 5.82. The molecule has 0 aliphatic heterocycles. The highest BCUT2D eigenvalue weighted by Gasteiger charge is 2.06. The topological polar surface area (TPSA) is 60.7 Å². The predicted octanol–water partition coefficient (Wildman–Crippen LogP) is 4.20. The average Bonchev–Trinajstić information content (AvgIpc) is 3.24. The molecule has 5 heteroatoms. The largest absolute Gasteiger partial charge is 0.493 e. The lowest BCUT2D eigenvalue weighted by atomic mass is 10.2. The second kappa shape index (κ2) is 9.29. The molecule has 0 radical (unpaired) electrons. The van der Waals surface area contributed by atoms with Crippen LogP contribution in [0.15, 0.2) is 77.4 Å². The van der Waals surface area contributed by atoms with Gasteiger partial charge in [-0.3, -0.25) is 4.79 Å². The van der Waals surface area contributed by atoms with Crippen LogP contribution in [0.25, 0.3) is 6.08 Å². The van der Waals surface area contributed by atoms with Gasteiger partial charge in [-0.15, -0.1) is 0 Å². The number of amides is 1. The first kappa shape index (κ1) is 18.3. The average molecular weight is 363 g/mol. The van der Waals surface area contributed by atoms with Crippen molar-refractivity contribution in [2.24, 2.45) is 0 Å². The van der Waals surface area contributed by atoms with E-state index in [0.717, 1.165) is 11.1 Å². The molecule has 0 aliphatic carbocycles. The van der Waals surface area contributed by atoms with Crippen LogP contribution in [0.4, 0.5) is 0 Å². The van der Waals surface area contributed by atoms with Crippen molar-refractivity contribution in [2.75, 3.05) is 7.11 Å². The molecule has 5 nitrogen and oxygen atoms in total. The maximum Gasteiger partial charge on any atom is 0.244 e. The molecule has 1 N–H and O–H groups in total. The minimum atomic E-state index is -0.199. The van der Waals surface area contributed by atoms with Crippen LogP contribution in [0, 0.1) is 0 Å². The third-order valence-corrected chi connectivity index (χ3v) is 3.87. The van der Waals surface area contributed by atoms with Crippen molar-refractivity contribution in [1.29, 1.82) is 0 Å². The molecule has 0 unspecified atom stereocenters. The van der Waals surface area contributed by atoms with Gasteiger partial charge in [0.05, 0.1) is 19.9 Å². The third-order valence-electron chi connectivity index (χ3n) is 3.87. The van der Waals surface area contributed by atoms with E-state index in [9.17, 15) is 4.79 Å². The Balaban J connectivity index is 1.58. The molecule has 1 amide bonds. The summed E-state index contributed by atoms with van der Waals surface area (Å²) < 4.78 is 16.4. The minimum Gasteiger partial charge on any atom is -0.493 e. The van der Waals surface area contributed by atoms with Gasteiger partial charge in [-0.1, -0.05) is 36.4 Å². The fourth-order valence-electron chi connectivity index (χ4n) is 2.46. The van der Waals surface area contributed by atoms with Crippen molar-refractivity contribution in [3.05, 3.63) is 89.9 Å². The zero-order valence-corrected chi connectivity index (χ0v) is 15.1. The summed E-state index contributed by atoms with van der Waals surface area (Å²) in [6.45, 7) is 0.813. The molecule has 0 atom stereocenters. The molecule has 0 aliphatic rings. The van der Waals surface area contributed by atoms with Crippen LogP contribution in [0.1, 0.15) is 16.9 Å². The number of rotatable bonds is 8. The second-order valence-electron chi connectivity index (χ2n) is 5.82. The van der Waals surface area contributed by atoms with Gasteiger partial charge in [-0.05, 0) is 41.5 Å². The lowest BCUT2D eigenvalue weighted by molar-refractivity contribution is -0.116. The number of hydrogen-bond acceptors (Lipinski definition) is 4. The first-order valence-electron chi connectivity index (χ1n) is 8.57. The van der Waals surface area contributed by atoms with Crippen molar-refractivity contribution >= 4 is 12.0 Å². The van der Waals surface area contributed by atoms with Crippen molar-refractivity contribution < 1.29 is 18.7 Å². The SMILES string of the molecule is COc1cc(/C=C/C(=O)NCc2ccco2)ccc1OCc1ccccc1. The lowest BCUT2D eigenvalue weighted by Crippen LogP contribution is -2.19. The maximum absolute atomic E-state index is 11.9. The maximum atomic E-state index is 11.9. The van der Waals surface area contributed by atoms with Gasteiger partial charge in [0.2, 0.25) is 5.91 Å². The zero-order valence-electron chi connectivity index (χ0n) is 15.1. The summed E-state index contributed by atoms with van der Waals surface area (Å²) in [6.07, 6.45) is 4.77. The van der Waals surface area contributed by atoms with Crippen LogP contribution in [0.2, 0.25) is 0 Å². The van der Waals surface area contributed by atoms with Crippen molar-refractivity contribution in [1.82, 2.24) is 5.32 Å². The molecule has 0 spiro atoms. The Morgan fingerprint density at radius 1 is 1.07 bits per heavy atom. The molecule has 0 fully saturated rings. The van der Waals surface area contributed by atoms with Gasteiger partial charge in [-0.2, -0.15) is 0 Å². The molecule has 0 bridgehead atoms. The Morgan fingerprint density at radius 3 is 2.67 bits per heavy atom. The predicted molar refractivity (Wildman–Crippen MR) is 103 cm³/mol. The van der Waals surface area contributed by atoms with Crippen LogP contribution in [0.3, 0.4) is 0 Å². The molecular weight excluding hydrogens is 342 g/mol. The highest BCUT2D eigenvalue weighted by atomic mass is 16.5. The van der Waals surface area contributed by atoms with E-state index in [0.29, 0.717) is 30.4 Å². The monoisotopic (exact) mass is 363 g/mol. The van der Waals surface area contributed by atoms with E-state index in [4.69, 9.17) is 13.9 Å². The van der Waals surface area contributed by atoms with Gasteiger partial charge in [0.25, 0.3) is 0 Å². The number of furan rings is 1. The fourth-order valence-corrected chi connectivity index (χ4v) is 2.46. The number of benzene rings is 2. The van der Waals surface area contributed by atoms with Gasteiger partial charge in [-0.25, -0.2) is 0 Å². The Morgan fingerprint density at radius 2 is 1.93 bits per heavy atom. The van der Waals surface area contributed by atoms with Gasteiger partial charge in [0.1, 0.15) is 12.4 Å². The van der Waals surface area contributed by atoms with Gasteiger partial charge in [0.15, 0.2) is 11.5 Å². The van der Waals surface area contributed by atoms with Crippen LogP contribution in [0.5, 0.6) is 11.5 Å². The number of nitrogens with one attached hydrogen (secondary N) is 1. The highest BCUT2D eigenvalue weighted by molar-refractivity contribution is 5.91. The van der Waals surface area contributed by atoms with E-state index in [-0.39, 0.29) is 5.91 Å². The Kier molecular flexibility index (Phi) is 6.30. The smallest absolute Gasteiger partial charge is 0.244 e. The fraction of sp³-hybridized carbons (Fsp3) is 0.136. The normalized spacial score (nSPS) is 10.7. The summed E-state index contributed by atoms with van der Waals surface area (Å²) in [5.74, 6) is 1.78. The summed E-state index contributed by atoms with van der Waals surface area (Å²) >= 11 is 0. The molecule has 0 saturated carbocycles. The van der Waals surface area contributed by atoms with Gasteiger partial charge < -0.3 is 19.2 Å². The first-order valence-corrected chi connectivity index (χ1v) is 8.57. The molecular formula is C22H21NO4. The Hall–Kier alpha value is -3.47. The number of hydrogen-bond donors (Lipinski definition) is 1. The summed E-state index contributed by atoms with van der Waals surface area (Å²) in [7, 11) is 1.59. The number of methoxy groups -OCH3 is 1. The van der Waals surface area contributed by atoms with Crippen molar-refractivity contribution in [3.8, 4) is 11.5 Å². The third kappa shape index (κ3) is 5.51. The standard InChI is InChI=1S/C22H21NO4/c1-25-21-14-17(10-12-22(24)23-15-19-8-5-13-26-19)9-11-20(21)27-16-18-6-3-2-4-7-18/h2-14H,15-16H2,1H3,(H,23,24)/b12-10+. The summed E-state index contributed by atoms with van der Waals surface area (Å²) in [4.78, 5) is 11.9. The molecule has 2 aromatic carbocycles. The number of ether oxygens (including phenoxy) is 2. The lowest BCUT2D eigenvalue weighted by Gasteiger charge is -2.11. The molecule has 1 aromatic heterocycles. The van der Waals surface area contributed by atoms with E-state index in [1.165, 1.54) is 6.08 Å².